The highest BCUT2D eigenvalue weighted by atomic mass is 16.4. The van der Waals surface area contributed by atoms with E-state index >= 15 is 0 Å². The van der Waals surface area contributed by atoms with Gasteiger partial charge in [-0.25, -0.2) is 9.59 Å². The van der Waals surface area contributed by atoms with Crippen molar-refractivity contribution in [3.63, 3.8) is 0 Å². The first-order valence-electron chi connectivity index (χ1n) is 10.4. The Morgan fingerprint density at radius 3 is 1.48 bits per heavy atom. The minimum Gasteiger partial charge on any atom is -0.478 e. The molecule has 0 aromatic heterocycles. The van der Waals surface area contributed by atoms with E-state index in [9.17, 15) is 19.8 Å². The van der Waals surface area contributed by atoms with Crippen molar-refractivity contribution in [1.82, 2.24) is 0 Å². The lowest BCUT2D eigenvalue weighted by molar-refractivity contribution is -0.0807. The largest absolute Gasteiger partial charge is 0.478 e. The highest BCUT2D eigenvalue weighted by molar-refractivity contribution is 5.88. The molecule has 2 aromatic carbocycles. The predicted octanol–water partition coefficient (Wildman–Crippen LogP) is 5.26. The summed E-state index contributed by atoms with van der Waals surface area (Å²) >= 11 is 0. The maximum absolute atomic E-state index is 11.3. The molecule has 0 aliphatic heterocycles. The first kappa shape index (κ1) is 18.4. The van der Waals surface area contributed by atoms with Crippen LogP contribution in [-0.4, -0.2) is 22.2 Å². The van der Waals surface area contributed by atoms with Gasteiger partial charge in [-0.15, -0.1) is 0 Å². The molecule has 2 N–H and O–H groups in total. The fourth-order valence-corrected chi connectivity index (χ4v) is 7.50. The van der Waals surface area contributed by atoms with Crippen molar-refractivity contribution < 1.29 is 19.8 Å². The molecule has 0 heterocycles. The van der Waals surface area contributed by atoms with Crippen molar-refractivity contribution in [2.24, 2.45) is 11.3 Å². The van der Waals surface area contributed by atoms with Crippen LogP contribution in [0.25, 0.3) is 0 Å². The van der Waals surface area contributed by atoms with Gasteiger partial charge in [0, 0.05) is 0 Å². The number of hydrogen-bond donors (Lipinski definition) is 2. The van der Waals surface area contributed by atoms with E-state index in [4.69, 9.17) is 0 Å². The monoisotopic (exact) mass is 390 g/mol. The average molecular weight is 390 g/mol. The number of hydrogen-bond acceptors (Lipinski definition) is 2. The molecule has 4 heteroatoms. The van der Waals surface area contributed by atoms with Crippen LogP contribution < -0.4 is 0 Å². The summed E-state index contributed by atoms with van der Waals surface area (Å²) in [6.45, 7) is 2.41. The van der Waals surface area contributed by atoms with Crippen LogP contribution in [0.1, 0.15) is 77.3 Å². The molecule has 4 bridgehead atoms. The molecule has 2 unspecified atom stereocenters. The molecule has 29 heavy (non-hydrogen) atoms. The lowest BCUT2D eigenvalue weighted by Crippen LogP contribution is -2.59. The Hall–Kier alpha value is -2.62. The summed E-state index contributed by atoms with van der Waals surface area (Å²) in [6, 6.07) is 15.1. The number of benzene rings is 2. The van der Waals surface area contributed by atoms with Gasteiger partial charge in [0.05, 0.1) is 11.1 Å². The van der Waals surface area contributed by atoms with Crippen LogP contribution in [-0.2, 0) is 10.8 Å². The van der Waals surface area contributed by atoms with Crippen LogP contribution >= 0.6 is 0 Å². The van der Waals surface area contributed by atoms with Crippen LogP contribution in [0.2, 0.25) is 0 Å². The number of rotatable bonds is 4. The van der Waals surface area contributed by atoms with Gasteiger partial charge in [0.15, 0.2) is 0 Å². The normalized spacial score (nSPS) is 34.9. The van der Waals surface area contributed by atoms with Gasteiger partial charge in [-0.2, -0.15) is 0 Å². The Kier molecular flexibility index (Phi) is 3.77. The molecular formula is C25H26O4. The maximum atomic E-state index is 11.3. The van der Waals surface area contributed by atoms with E-state index in [0.717, 1.165) is 19.3 Å². The van der Waals surface area contributed by atoms with E-state index in [2.05, 4.69) is 6.92 Å². The summed E-state index contributed by atoms with van der Waals surface area (Å²) in [5, 5.41) is 18.5. The predicted molar refractivity (Wildman–Crippen MR) is 109 cm³/mol. The van der Waals surface area contributed by atoms with E-state index in [1.807, 2.05) is 24.3 Å². The second kappa shape index (κ2) is 5.94. The van der Waals surface area contributed by atoms with Gasteiger partial charge in [-0.05, 0) is 96.1 Å². The third-order valence-corrected chi connectivity index (χ3v) is 7.84. The van der Waals surface area contributed by atoms with Crippen molar-refractivity contribution in [2.75, 3.05) is 0 Å². The smallest absolute Gasteiger partial charge is 0.335 e. The van der Waals surface area contributed by atoms with Crippen molar-refractivity contribution in [2.45, 2.75) is 56.3 Å². The Bertz CT molecular complexity index is 915. The number of aromatic carboxylic acids is 2. The van der Waals surface area contributed by atoms with Crippen LogP contribution in [0.15, 0.2) is 48.5 Å². The number of carbonyl (C=O) groups is 2. The van der Waals surface area contributed by atoms with Gasteiger partial charge in [0.25, 0.3) is 0 Å². The Morgan fingerprint density at radius 1 is 0.724 bits per heavy atom. The summed E-state index contributed by atoms with van der Waals surface area (Å²) in [5.74, 6) is -1.11. The molecule has 4 aliphatic carbocycles. The second-order valence-electron chi connectivity index (χ2n) is 10.1. The van der Waals surface area contributed by atoms with E-state index in [1.165, 1.54) is 30.4 Å². The third kappa shape index (κ3) is 2.80. The van der Waals surface area contributed by atoms with Gasteiger partial charge in [-0.3, -0.25) is 0 Å². The minimum atomic E-state index is -0.885. The Morgan fingerprint density at radius 2 is 1.14 bits per heavy atom. The van der Waals surface area contributed by atoms with Crippen LogP contribution in [0.5, 0.6) is 0 Å². The molecule has 0 saturated heterocycles. The third-order valence-electron chi connectivity index (χ3n) is 7.84. The first-order valence-corrected chi connectivity index (χ1v) is 10.4. The van der Waals surface area contributed by atoms with Crippen molar-refractivity contribution in [3.05, 3.63) is 70.8 Å². The van der Waals surface area contributed by atoms with Gasteiger partial charge < -0.3 is 10.2 Å². The molecule has 4 nitrogen and oxygen atoms in total. The molecule has 4 saturated carbocycles. The lowest BCUT2D eigenvalue weighted by Gasteiger charge is -2.66. The summed E-state index contributed by atoms with van der Waals surface area (Å²) in [4.78, 5) is 22.6. The Labute approximate surface area is 170 Å². The zero-order valence-corrected chi connectivity index (χ0v) is 16.6. The van der Waals surface area contributed by atoms with Crippen LogP contribution in [0.3, 0.4) is 0 Å². The summed E-state index contributed by atoms with van der Waals surface area (Å²) in [6.07, 6.45) is 6.96. The molecule has 150 valence electrons. The molecule has 4 fully saturated rings. The Balaban J connectivity index is 1.57. The van der Waals surface area contributed by atoms with Crippen molar-refractivity contribution >= 4 is 11.9 Å². The topological polar surface area (TPSA) is 74.6 Å². The highest BCUT2D eigenvalue weighted by Gasteiger charge is 2.62. The summed E-state index contributed by atoms with van der Waals surface area (Å²) < 4.78 is 0. The molecular weight excluding hydrogens is 364 g/mol. The summed E-state index contributed by atoms with van der Waals surface area (Å²) in [5.41, 5.74) is 3.64. The fourth-order valence-electron chi connectivity index (χ4n) is 7.50. The minimum absolute atomic E-state index is 0.0800. The van der Waals surface area contributed by atoms with Gasteiger partial charge in [0.1, 0.15) is 0 Å². The van der Waals surface area contributed by atoms with E-state index < -0.39 is 11.9 Å². The first-order chi connectivity index (χ1) is 13.7. The van der Waals surface area contributed by atoms with Gasteiger partial charge >= 0.3 is 11.9 Å². The van der Waals surface area contributed by atoms with E-state index in [0.29, 0.717) is 17.0 Å². The SMILES string of the molecule is CC12CC3CC(c4ccc(C(=O)O)cc4)(C1)CC(c1ccc(C(=O)O)cc1)(C3)C2. The number of carboxylic acid groups (broad SMARTS) is 2. The molecule has 0 spiro atoms. The molecule has 0 amide bonds. The van der Waals surface area contributed by atoms with Crippen molar-refractivity contribution in [3.8, 4) is 0 Å². The average Bonchev–Trinajstić information content (AvgIpc) is 2.66. The van der Waals surface area contributed by atoms with E-state index in [-0.39, 0.29) is 16.2 Å². The standard InChI is InChI=1S/C25H26O4/c1-23-10-16-11-24(13-23,19-6-2-17(3-7-19)21(26)27)15-25(12-16,14-23)20-8-4-18(5-9-20)22(28)29/h2-9,16H,10-15H2,1H3,(H,26,27)(H,28,29). The maximum Gasteiger partial charge on any atom is 0.335 e. The lowest BCUT2D eigenvalue weighted by atomic mass is 9.38. The van der Waals surface area contributed by atoms with E-state index in [1.54, 1.807) is 24.3 Å². The zero-order valence-electron chi connectivity index (χ0n) is 16.6. The van der Waals surface area contributed by atoms with Crippen molar-refractivity contribution in [1.29, 1.82) is 0 Å². The number of carboxylic acids is 2. The highest BCUT2D eigenvalue weighted by Crippen LogP contribution is 2.70. The second-order valence-corrected chi connectivity index (χ2v) is 10.1. The quantitative estimate of drug-likeness (QED) is 0.746. The molecule has 2 aromatic rings. The molecule has 6 rings (SSSR count). The van der Waals surface area contributed by atoms with Crippen LogP contribution in [0.4, 0.5) is 0 Å². The van der Waals surface area contributed by atoms with Crippen LogP contribution in [0, 0.1) is 11.3 Å². The fraction of sp³-hybridized carbons (Fsp3) is 0.440. The summed E-state index contributed by atoms with van der Waals surface area (Å²) in [7, 11) is 0. The molecule has 4 aliphatic rings. The molecule has 0 radical (unpaired) electrons. The zero-order chi connectivity index (χ0) is 20.4. The molecule has 2 atom stereocenters. The van der Waals surface area contributed by atoms with Gasteiger partial charge in [0.2, 0.25) is 0 Å². The van der Waals surface area contributed by atoms with Gasteiger partial charge in [-0.1, -0.05) is 31.2 Å².